The van der Waals surface area contributed by atoms with Crippen LogP contribution >= 0.6 is 0 Å². The summed E-state index contributed by atoms with van der Waals surface area (Å²) < 4.78 is 41.9. The summed E-state index contributed by atoms with van der Waals surface area (Å²) in [5, 5.41) is 1.64. The summed E-state index contributed by atoms with van der Waals surface area (Å²) >= 11 is -1.72. The topological polar surface area (TPSA) is 56.7 Å². The van der Waals surface area contributed by atoms with Crippen LogP contribution in [0.3, 0.4) is 0 Å². The molecule has 0 aliphatic rings. The maximum Gasteiger partial charge on any atom is 0 e. The first-order chi connectivity index (χ1) is 31.7. The van der Waals surface area contributed by atoms with Crippen molar-refractivity contribution in [1.29, 1.82) is 0 Å². The second-order valence-corrected chi connectivity index (χ2v) is 28.4. The van der Waals surface area contributed by atoms with Crippen LogP contribution in [0.2, 0.25) is 17.3 Å². The average molecular weight is 1090 g/mol. The standard InChI is InChI=1S/C43H35FN3O.C14H16GeN.Ir/c1-26(2)36-24-30(29-17-19-31(44)20-18-29)25-37(27(3)4)40(36)47-39-16-9-8-15-38(39)46-42(47)35-14-10-13-33-34-22-21-32(45-43(34)48-41(33)35)23-28-11-6-5-7-12-28;1-15(2,3)13-9-10-14(16-11-13)12-7-5-4-6-8-12;/h5-13,15-22,24-27H,23H2,1-4H3;4-7,9-11H,1-3H3;/q2*-1;/i23D2;;. The Morgan fingerprint density at radius 1 is 0.708 bits per heavy atom. The largest absolute Gasteiger partial charge is 0 e. The van der Waals surface area contributed by atoms with Crippen molar-refractivity contribution >= 4 is 50.8 Å². The van der Waals surface area contributed by atoms with E-state index in [2.05, 4.69) is 97.0 Å². The van der Waals surface area contributed by atoms with E-state index in [0.717, 1.165) is 61.0 Å². The molecule has 10 rings (SSSR count). The molecule has 8 heteroatoms. The van der Waals surface area contributed by atoms with Gasteiger partial charge in [0.2, 0.25) is 5.71 Å². The van der Waals surface area contributed by atoms with Gasteiger partial charge in [-0.2, -0.15) is 0 Å². The van der Waals surface area contributed by atoms with Crippen molar-refractivity contribution in [1.82, 2.24) is 19.5 Å². The Morgan fingerprint density at radius 3 is 2.08 bits per heavy atom. The molecule has 0 amide bonds. The predicted octanol–water partition coefficient (Wildman–Crippen LogP) is 14.5. The number of rotatable bonds is 9. The molecule has 0 aliphatic carbocycles. The molecule has 0 spiro atoms. The van der Waals surface area contributed by atoms with Crippen molar-refractivity contribution < 1.29 is 31.7 Å². The molecule has 0 aliphatic heterocycles. The second kappa shape index (κ2) is 19.2. The summed E-state index contributed by atoms with van der Waals surface area (Å²) in [6.45, 7) is 8.78. The molecule has 327 valence electrons. The van der Waals surface area contributed by atoms with Crippen LogP contribution in [0.25, 0.3) is 72.6 Å². The summed E-state index contributed by atoms with van der Waals surface area (Å²) in [5.41, 5.74) is 11.7. The molecule has 0 N–H and O–H groups in total. The van der Waals surface area contributed by atoms with Gasteiger partial charge in [-0.1, -0.05) is 93.2 Å². The molecule has 0 unspecified atom stereocenters. The van der Waals surface area contributed by atoms with Crippen molar-refractivity contribution in [3.05, 3.63) is 198 Å². The van der Waals surface area contributed by atoms with Crippen molar-refractivity contribution in [2.45, 2.75) is 63.2 Å². The number of furan rings is 1. The van der Waals surface area contributed by atoms with Gasteiger partial charge in [0.25, 0.3) is 0 Å². The van der Waals surface area contributed by atoms with Crippen LogP contribution in [0.15, 0.2) is 162 Å². The SMILES string of the molecule is [2H]C([2H])(c1ccccc1)c1ccc2c(n1)oc1c(-c3nc4ccccc4n3-c3c(C(C)C)cc(-c4ccc(F)cc4)cc3C(C)C)[c-]ccc12.[CH3][Ge]([CH3])([CH3])[c]1ccc(-c2[c-]cccc2)nc1.[Ir]. The number of halogens is 1. The molecule has 10 aromatic rings. The normalized spacial score (nSPS) is 12.3. The van der Waals surface area contributed by atoms with E-state index < -0.39 is 19.6 Å². The van der Waals surface area contributed by atoms with Crippen molar-refractivity contribution in [3.63, 3.8) is 0 Å². The fourth-order valence-corrected chi connectivity index (χ4v) is 10.3. The number of imidazole rings is 1. The third-order valence-corrected chi connectivity index (χ3v) is 15.8. The first-order valence-electron chi connectivity index (χ1n) is 22.8. The third kappa shape index (κ3) is 9.56. The van der Waals surface area contributed by atoms with Crippen LogP contribution < -0.4 is 4.40 Å². The molecule has 0 fully saturated rings. The van der Waals surface area contributed by atoms with Gasteiger partial charge in [0.15, 0.2) is 0 Å². The van der Waals surface area contributed by atoms with Gasteiger partial charge in [-0.3, -0.25) is 4.98 Å². The number of hydrogen-bond donors (Lipinski definition) is 0. The van der Waals surface area contributed by atoms with Gasteiger partial charge in [-0.05, 0) is 88.2 Å². The van der Waals surface area contributed by atoms with Gasteiger partial charge < -0.3 is 8.98 Å². The monoisotopic (exact) mass is 1100 g/mol. The second-order valence-electron chi connectivity index (χ2n) is 17.8. The molecule has 0 atom stereocenters. The van der Waals surface area contributed by atoms with E-state index in [9.17, 15) is 4.39 Å². The van der Waals surface area contributed by atoms with Crippen LogP contribution in [-0.4, -0.2) is 32.8 Å². The van der Waals surface area contributed by atoms with Gasteiger partial charge in [0.05, 0.1) is 22.4 Å². The molecule has 4 heterocycles. The minimum Gasteiger partial charge on any atom is 0 e. The average Bonchev–Trinajstić information content (AvgIpc) is 3.90. The Kier molecular flexibility index (Phi) is 12.7. The van der Waals surface area contributed by atoms with Gasteiger partial charge in [0.1, 0.15) is 5.82 Å². The van der Waals surface area contributed by atoms with E-state index in [0.29, 0.717) is 28.2 Å². The first-order valence-corrected chi connectivity index (χ1v) is 29.2. The zero-order chi connectivity index (χ0) is 46.3. The molecule has 0 saturated heterocycles. The summed E-state index contributed by atoms with van der Waals surface area (Å²) in [6, 6.07) is 54.7. The van der Waals surface area contributed by atoms with E-state index in [4.69, 9.17) is 17.1 Å². The minimum absolute atomic E-state index is 0. The van der Waals surface area contributed by atoms with Crippen LogP contribution in [-0.2, 0) is 26.5 Å². The number of pyridine rings is 2. The summed E-state index contributed by atoms with van der Waals surface area (Å²) in [6.07, 6.45) is 0.230. The number of para-hydroxylation sites is 2. The quantitative estimate of drug-likeness (QED) is 0.107. The van der Waals surface area contributed by atoms with E-state index >= 15 is 0 Å². The predicted molar refractivity (Wildman–Crippen MR) is 265 cm³/mol. The molecule has 65 heavy (non-hydrogen) atoms. The van der Waals surface area contributed by atoms with E-state index in [1.807, 2.05) is 97.2 Å². The summed E-state index contributed by atoms with van der Waals surface area (Å²) in [4.78, 5) is 14.5. The molecule has 4 aromatic heterocycles. The number of fused-ring (bicyclic) bond motifs is 4. The maximum atomic E-state index is 13.9. The van der Waals surface area contributed by atoms with Crippen LogP contribution in [0.1, 0.15) is 64.7 Å². The Morgan fingerprint density at radius 2 is 1.42 bits per heavy atom. The molecule has 6 aromatic carbocycles. The van der Waals surface area contributed by atoms with Gasteiger partial charge in [0, 0.05) is 46.0 Å². The van der Waals surface area contributed by atoms with Crippen molar-refractivity contribution in [2.24, 2.45) is 0 Å². The van der Waals surface area contributed by atoms with Crippen molar-refractivity contribution in [3.8, 4) is 39.5 Å². The molecule has 0 bridgehead atoms. The minimum atomic E-state index is -1.81. The first kappa shape index (κ1) is 42.9. The van der Waals surface area contributed by atoms with Gasteiger partial charge in [-0.25, -0.2) is 9.37 Å². The Labute approximate surface area is 400 Å². The zero-order valence-electron chi connectivity index (χ0n) is 39.6. The van der Waals surface area contributed by atoms with Crippen LogP contribution in [0.4, 0.5) is 4.39 Å². The number of hydrogen-bond acceptors (Lipinski definition) is 4. The number of benzene rings is 6. The Hall–Kier alpha value is -5.99. The van der Waals surface area contributed by atoms with Crippen LogP contribution in [0, 0.1) is 17.9 Å². The van der Waals surface area contributed by atoms with E-state index in [1.54, 1.807) is 18.2 Å². The zero-order valence-corrected chi connectivity index (χ0v) is 42.1. The smallest absolute Gasteiger partial charge is 0 e. The fraction of sp³-hybridized carbons (Fsp3) is 0.175. The fourth-order valence-electron chi connectivity index (χ4n) is 8.12. The number of aromatic nitrogens is 4. The maximum absolute atomic E-state index is 13.9. The van der Waals surface area contributed by atoms with E-state index in [-0.39, 0.29) is 43.5 Å². The van der Waals surface area contributed by atoms with Crippen LogP contribution in [0.5, 0.6) is 0 Å². The number of nitrogens with zero attached hydrogens (tertiary/aromatic N) is 4. The molecule has 1 radical (unpaired) electrons. The van der Waals surface area contributed by atoms with Gasteiger partial charge >= 0.3 is 99.8 Å². The molecular formula is C57H51FGeIrN4O-2. The third-order valence-electron chi connectivity index (χ3n) is 11.6. The Bertz CT molecular complexity index is 3300. The van der Waals surface area contributed by atoms with E-state index in [1.165, 1.54) is 16.5 Å². The molecule has 0 saturated carbocycles. The summed E-state index contributed by atoms with van der Waals surface area (Å²) in [7, 11) is 0. The Balaban J connectivity index is 0.000000303. The summed E-state index contributed by atoms with van der Waals surface area (Å²) in [5.74, 6) is 7.89. The van der Waals surface area contributed by atoms with Gasteiger partial charge in [-0.15, -0.1) is 18.2 Å². The molecule has 5 nitrogen and oxygen atoms in total. The molecular weight excluding hydrogens is 1040 g/mol. The van der Waals surface area contributed by atoms with Crippen molar-refractivity contribution in [2.75, 3.05) is 0 Å².